The summed E-state index contributed by atoms with van der Waals surface area (Å²) in [6.45, 7) is -0.678. The van der Waals surface area contributed by atoms with E-state index < -0.39 is 55.2 Å². The largest absolute Gasteiger partial charge is 0.452 e. The van der Waals surface area contributed by atoms with Gasteiger partial charge < -0.3 is 29.2 Å². The van der Waals surface area contributed by atoms with Crippen LogP contribution in [0.25, 0.3) is 0 Å². The molecule has 0 aromatic heterocycles. The van der Waals surface area contributed by atoms with Crippen molar-refractivity contribution in [3.8, 4) is 0 Å². The third-order valence-electron chi connectivity index (χ3n) is 5.55. The highest BCUT2D eigenvalue weighted by molar-refractivity contribution is 5.91. The van der Waals surface area contributed by atoms with E-state index in [-0.39, 0.29) is 16.7 Å². The van der Waals surface area contributed by atoms with Gasteiger partial charge in [0.05, 0.1) is 23.3 Å². The number of aliphatic hydroxyl groups excluding tert-OH is 2. The fourth-order valence-corrected chi connectivity index (χ4v) is 3.74. The molecule has 0 saturated carbocycles. The first-order chi connectivity index (χ1) is 17.5. The van der Waals surface area contributed by atoms with Crippen molar-refractivity contribution in [3.63, 3.8) is 0 Å². The maximum absolute atomic E-state index is 12.9. The molecule has 0 amide bonds. The standard InChI is InChI=1S/C27H24O9/c28-16-20-21(34-24(29)17-10-4-1-5-11-17)22(35-25(30)18-12-6-2-7-13-18)23(27(32)33-20)36-26(31)19-14-8-3-9-15-19/h1-15,20-23,27-28,32H,16H2/t20-,21-,22+,23-,27-/m1/s1. The molecule has 1 fully saturated rings. The molecule has 2 N–H and O–H groups in total. The number of carbonyl (C=O) groups is 3. The summed E-state index contributed by atoms with van der Waals surface area (Å²) in [6, 6.07) is 24.0. The molecule has 1 aliphatic rings. The Balaban J connectivity index is 1.66. The van der Waals surface area contributed by atoms with E-state index in [1.54, 1.807) is 54.6 Å². The minimum Gasteiger partial charge on any atom is -0.452 e. The van der Waals surface area contributed by atoms with E-state index in [9.17, 15) is 24.6 Å². The Labute approximate surface area is 206 Å². The molecule has 1 aliphatic heterocycles. The van der Waals surface area contributed by atoms with Crippen LogP contribution in [0, 0.1) is 0 Å². The highest BCUT2D eigenvalue weighted by Gasteiger charge is 2.52. The van der Waals surface area contributed by atoms with Crippen molar-refractivity contribution in [1.29, 1.82) is 0 Å². The van der Waals surface area contributed by atoms with Crippen LogP contribution >= 0.6 is 0 Å². The van der Waals surface area contributed by atoms with E-state index >= 15 is 0 Å². The van der Waals surface area contributed by atoms with Crippen molar-refractivity contribution in [2.75, 3.05) is 6.61 Å². The molecule has 0 unspecified atom stereocenters. The Kier molecular flexibility index (Phi) is 8.06. The van der Waals surface area contributed by atoms with Crippen LogP contribution in [0.1, 0.15) is 31.1 Å². The molecule has 186 valence electrons. The van der Waals surface area contributed by atoms with Crippen molar-refractivity contribution in [1.82, 2.24) is 0 Å². The van der Waals surface area contributed by atoms with Crippen LogP contribution in [-0.2, 0) is 18.9 Å². The predicted molar refractivity (Wildman–Crippen MR) is 125 cm³/mol. The van der Waals surface area contributed by atoms with Gasteiger partial charge >= 0.3 is 17.9 Å². The Morgan fingerprint density at radius 1 is 0.611 bits per heavy atom. The van der Waals surface area contributed by atoms with Gasteiger partial charge in [0.1, 0.15) is 6.10 Å². The molecule has 36 heavy (non-hydrogen) atoms. The van der Waals surface area contributed by atoms with Gasteiger partial charge in [0, 0.05) is 0 Å². The topological polar surface area (TPSA) is 129 Å². The van der Waals surface area contributed by atoms with Gasteiger partial charge in [-0.2, -0.15) is 0 Å². The zero-order valence-corrected chi connectivity index (χ0v) is 19.0. The van der Waals surface area contributed by atoms with Crippen LogP contribution in [0.15, 0.2) is 91.0 Å². The number of ether oxygens (including phenoxy) is 4. The van der Waals surface area contributed by atoms with E-state index in [0.717, 1.165) is 0 Å². The smallest absolute Gasteiger partial charge is 0.338 e. The number of rotatable bonds is 7. The second-order valence-electron chi connectivity index (χ2n) is 7.96. The number of hydrogen-bond acceptors (Lipinski definition) is 9. The number of benzene rings is 3. The van der Waals surface area contributed by atoms with Gasteiger partial charge in [0.25, 0.3) is 0 Å². The van der Waals surface area contributed by atoms with Crippen LogP contribution in [0.3, 0.4) is 0 Å². The third kappa shape index (κ3) is 5.77. The van der Waals surface area contributed by atoms with Crippen LogP contribution in [-0.4, -0.2) is 65.4 Å². The summed E-state index contributed by atoms with van der Waals surface area (Å²) in [5.41, 5.74) is 0.562. The molecule has 5 atom stereocenters. The molecular weight excluding hydrogens is 468 g/mol. The first kappa shape index (κ1) is 25.1. The van der Waals surface area contributed by atoms with Crippen LogP contribution in [0.2, 0.25) is 0 Å². The summed E-state index contributed by atoms with van der Waals surface area (Å²) in [5.74, 6) is -2.42. The number of aliphatic hydroxyl groups is 2. The molecule has 0 bridgehead atoms. The van der Waals surface area contributed by atoms with Gasteiger partial charge in [-0.3, -0.25) is 0 Å². The van der Waals surface area contributed by atoms with Crippen molar-refractivity contribution in [3.05, 3.63) is 108 Å². The quantitative estimate of drug-likeness (QED) is 0.377. The lowest BCUT2D eigenvalue weighted by Gasteiger charge is -2.42. The van der Waals surface area contributed by atoms with E-state index in [0.29, 0.717) is 0 Å². The van der Waals surface area contributed by atoms with Gasteiger partial charge in [-0.15, -0.1) is 0 Å². The summed E-state index contributed by atoms with van der Waals surface area (Å²) in [7, 11) is 0. The molecule has 0 radical (unpaired) electrons. The summed E-state index contributed by atoms with van der Waals surface area (Å²) in [6.07, 6.45) is -7.53. The first-order valence-electron chi connectivity index (χ1n) is 11.2. The normalized spacial score (nSPS) is 23.3. The average molecular weight is 492 g/mol. The summed E-state index contributed by atoms with van der Waals surface area (Å²) >= 11 is 0. The SMILES string of the molecule is O=C(O[C@@H]1[C@@H](OC(=O)c2ccccc2)[C@H](O)O[C@H](CO)[C@H]1OC(=O)c1ccccc1)c1ccccc1. The number of esters is 3. The lowest BCUT2D eigenvalue weighted by atomic mass is 9.98. The maximum atomic E-state index is 12.9. The monoisotopic (exact) mass is 492 g/mol. The summed E-state index contributed by atoms with van der Waals surface area (Å²) in [5, 5.41) is 20.5. The van der Waals surface area contributed by atoms with Crippen molar-refractivity contribution in [2.45, 2.75) is 30.7 Å². The highest BCUT2D eigenvalue weighted by atomic mass is 16.7. The summed E-state index contributed by atoms with van der Waals surface area (Å²) in [4.78, 5) is 38.5. The molecule has 0 aliphatic carbocycles. The Morgan fingerprint density at radius 2 is 0.972 bits per heavy atom. The second-order valence-corrected chi connectivity index (χ2v) is 7.96. The first-order valence-corrected chi connectivity index (χ1v) is 11.2. The summed E-state index contributed by atoms with van der Waals surface area (Å²) < 4.78 is 22.1. The van der Waals surface area contributed by atoms with Crippen LogP contribution in [0.5, 0.6) is 0 Å². The van der Waals surface area contributed by atoms with Crippen LogP contribution in [0.4, 0.5) is 0 Å². The fourth-order valence-electron chi connectivity index (χ4n) is 3.74. The molecule has 0 spiro atoms. The molecule has 9 nitrogen and oxygen atoms in total. The van der Waals surface area contributed by atoms with E-state index in [4.69, 9.17) is 18.9 Å². The third-order valence-corrected chi connectivity index (χ3v) is 5.55. The van der Waals surface area contributed by atoms with E-state index in [1.807, 2.05) is 0 Å². The van der Waals surface area contributed by atoms with Gasteiger partial charge in [-0.05, 0) is 36.4 Å². The average Bonchev–Trinajstić information content (AvgIpc) is 2.93. The minimum atomic E-state index is -1.78. The van der Waals surface area contributed by atoms with Gasteiger partial charge in [0.15, 0.2) is 24.6 Å². The second kappa shape index (κ2) is 11.6. The van der Waals surface area contributed by atoms with Crippen LogP contribution < -0.4 is 0 Å². The van der Waals surface area contributed by atoms with Crippen molar-refractivity contribution in [2.24, 2.45) is 0 Å². The molecule has 1 saturated heterocycles. The molecular formula is C27H24O9. The number of carbonyl (C=O) groups excluding carboxylic acids is 3. The molecule has 1 heterocycles. The Bertz CT molecular complexity index is 1170. The van der Waals surface area contributed by atoms with E-state index in [1.165, 1.54) is 36.4 Å². The number of hydrogen-bond donors (Lipinski definition) is 2. The fraction of sp³-hybridized carbons (Fsp3) is 0.222. The molecule has 4 rings (SSSR count). The van der Waals surface area contributed by atoms with Crippen molar-refractivity contribution < 1.29 is 43.5 Å². The zero-order valence-electron chi connectivity index (χ0n) is 19.0. The lowest BCUT2D eigenvalue weighted by molar-refractivity contribution is -0.284. The molecule has 9 heteroatoms. The maximum Gasteiger partial charge on any atom is 0.338 e. The van der Waals surface area contributed by atoms with Crippen molar-refractivity contribution >= 4 is 17.9 Å². The Morgan fingerprint density at radius 3 is 1.36 bits per heavy atom. The predicted octanol–water partition coefficient (Wildman–Crippen LogP) is 2.37. The molecule has 3 aromatic carbocycles. The van der Waals surface area contributed by atoms with E-state index in [2.05, 4.69) is 0 Å². The minimum absolute atomic E-state index is 0.181. The lowest BCUT2D eigenvalue weighted by Crippen LogP contribution is -2.62. The van der Waals surface area contributed by atoms with Gasteiger partial charge in [-0.1, -0.05) is 54.6 Å². The van der Waals surface area contributed by atoms with Gasteiger partial charge in [0.2, 0.25) is 0 Å². The zero-order chi connectivity index (χ0) is 25.5. The molecule has 3 aromatic rings. The van der Waals surface area contributed by atoms with Gasteiger partial charge in [-0.25, -0.2) is 14.4 Å². The highest BCUT2D eigenvalue weighted by Crippen LogP contribution is 2.29. The Hall–Kier alpha value is -4.05.